The van der Waals surface area contributed by atoms with Gasteiger partial charge in [0.25, 0.3) is 0 Å². The first-order valence-electron chi connectivity index (χ1n) is 5.92. The van der Waals surface area contributed by atoms with Crippen LogP contribution in [0.1, 0.15) is 12.5 Å². The van der Waals surface area contributed by atoms with E-state index in [4.69, 9.17) is 28.9 Å². The predicted octanol–water partition coefficient (Wildman–Crippen LogP) is 1.85. The number of primary amides is 1. The van der Waals surface area contributed by atoms with E-state index in [0.29, 0.717) is 22.2 Å². The van der Waals surface area contributed by atoms with Crippen molar-refractivity contribution in [2.75, 3.05) is 27.2 Å². The summed E-state index contributed by atoms with van der Waals surface area (Å²) in [6.07, 6.45) is 0. The molecule has 0 bridgehead atoms. The molecule has 106 valence electrons. The molecule has 4 nitrogen and oxygen atoms in total. The Morgan fingerprint density at radius 3 is 2.53 bits per heavy atom. The number of hydrogen-bond donors (Lipinski definition) is 2. The fourth-order valence-electron chi connectivity index (χ4n) is 1.74. The Bertz CT molecular complexity index is 465. The molecule has 1 aromatic rings. The first-order valence-corrected chi connectivity index (χ1v) is 6.68. The summed E-state index contributed by atoms with van der Waals surface area (Å²) in [5, 5.41) is 4.10. The summed E-state index contributed by atoms with van der Waals surface area (Å²) in [4.78, 5) is 13.8. The van der Waals surface area contributed by atoms with Gasteiger partial charge in [0.15, 0.2) is 0 Å². The lowest BCUT2D eigenvalue weighted by Crippen LogP contribution is -2.52. The molecule has 0 fully saturated rings. The molecule has 0 spiro atoms. The number of likely N-dealkylation sites (N-methyl/N-ethyl adjacent to an activating group) is 1. The molecule has 1 amide bonds. The molecular formula is C13H19Cl2N3O. The minimum Gasteiger partial charge on any atom is -0.368 e. The van der Waals surface area contributed by atoms with Crippen molar-refractivity contribution >= 4 is 29.1 Å². The monoisotopic (exact) mass is 303 g/mol. The SMILES string of the molecule is CN(C)CCNC(C)(C(N)=O)c1ccc(Cl)cc1Cl. The molecule has 1 unspecified atom stereocenters. The smallest absolute Gasteiger partial charge is 0.242 e. The number of halogens is 2. The van der Waals surface area contributed by atoms with Crippen LogP contribution in [0.25, 0.3) is 0 Å². The van der Waals surface area contributed by atoms with Gasteiger partial charge in [0, 0.05) is 23.1 Å². The van der Waals surface area contributed by atoms with Crippen molar-refractivity contribution in [3.05, 3.63) is 33.8 Å². The molecule has 1 atom stereocenters. The van der Waals surface area contributed by atoms with Gasteiger partial charge < -0.3 is 10.6 Å². The maximum absolute atomic E-state index is 11.8. The van der Waals surface area contributed by atoms with Crippen molar-refractivity contribution in [3.8, 4) is 0 Å². The van der Waals surface area contributed by atoms with Crippen molar-refractivity contribution in [3.63, 3.8) is 0 Å². The fourth-order valence-corrected chi connectivity index (χ4v) is 2.34. The number of amides is 1. The van der Waals surface area contributed by atoms with Gasteiger partial charge in [-0.05, 0) is 38.7 Å². The topological polar surface area (TPSA) is 58.4 Å². The molecule has 0 radical (unpaired) electrons. The van der Waals surface area contributed by atoms with Gasteiger partial charge in [-0.15, -0.1) is 0 Å². The van der Waals surface area contributed by atoms with Crippen molar-refractivity contribution < 1.29 is 4.79 Å². The van der Waals surface area contributed by atoms with Crippen LogP contribution >= 0.6 is 23.2 Å². The van der Waals surface area contributed by atoms with E-state index in [-0.39, 0.29) is 0 Å². The van der Waals surface area contributed by atoms with Gasteiger partial charge >= 0.3 is 0 Å². The number of hydrogen-bond acceptors (Lipinski definition) is 3. The Hall–Kier alpha value is -0.810. The van der Waals surface area contributed by atoms with Crippen LogP contribution in [0.4, 0.5) is 0 Å². The third-order valence-electron chi connectivity index (χ3n) is 3.00. The van der Waals surface area contributed by atoms with Crippen LogP contribution in [0.5, 0.6) is 0 Å². The normalized spacial score (nSPS) is 14.4. The van der Waals surface area contributed by atoms with Gasteiger partial charge in [-0.3, -0.25) is 10.1 Å². The number of benzene rings is 1. The van der Waals surface area contributed by atoms with Gasteiger partial charge in [-0.25, -0.2) is 0 Å². The van der Waals surface area contributed by atoms with E-state index in [1.54, 1.807) is 25.1 Å². The van der Waals surface area contributed by atoms with Crippen molar-refractivity contribution in [2.45, 2.75) is 12.5 Å². The van der Waals surface area contributed by atoms with Crippen LogP contribution in [0.3, 0.4) is 0 Å². The zero-order valence-corrected chi connectivity index (χ0v) is 12.8. The van der Waals surface area contributed by atoms with E-state index >= 15 is 0 Å². The largest absolute Gasteiger partial charge is 0.368 e. The third kappa shape index (κ3) is 4.08. The number of carbonyl (C=O) groups excluding carboxylic acids is 1. The summed E-state index contributed by atoms with van der Waals surface area (Å²) in [6, 6.07) is 5.02. The summed E-state index contributed by atoms with van der Waals surface area (Å²) >= 11 is 12.0. The molecule has 0 aliphatic heterocycles. The van der Waals surface area contributed by atoms with E-state index in [1.165, 1.54) is 0 Å². The van der Waals surface area contributed by atoms with Crippen LogP contribution in [0.2, 0.25) is 10.0 Å². The molecule has 6 heteroatoms. The molecule has 3 N–H and O–H groups in total. The maximum atomic E-state index is 11.8. The second kappa shape index (κ2) is 6.57. The quantitative estimate of drug-likeness (QED) is 0.843. The van der Waals surface area contributed by atoms with Crippen molar-refractivity contribution in [2.24, 2.45) is 5.73 Å². The summed E-state index contributed by atoms with van der Waals surface area (Å²) in [5.41, 5.74) is 5.13. The highest BCUT2D eigenvalue weighted by molar-refractivity contribution is 6.35. The van der Waals surface area contributed by atoms with Gasteiger partial charge in [0.1, 0.15) is 5.54 Å². The Morgan fingerprint density at radius 1 is 1.42 bits per heavy atom. The summed E-state index contributed by atoms with van der Waals surface area (Å²) in [7, 11) is 3.91. The molecule has 0 aliphatic rings. The number of carbonyl (C=O) groups is 1. The minimum atomic E-state index is -1.02. The zero-order valence-electron chi connectivity index (χ0n) is 11.3. The molecule has 0 heterocycles. The highest BCUT2D eigenvalue weighted by atomic mass is 35.5. The Balaban J connectivity index is 3.01. The number of nitrogens with one attached hydrogen (secondary N) is 1. The zero-order chi connectivity index (χ0) is 14.6. The van der Waals surface area contributed by atoms with Gasteiger partial charge in [-0.1, -0.05) is 29.3 Å². The second-order valence-electron chi connectivity index (χ2n) is 4.84. The van der Waals surface area contributed by atoms with Crippen LogP contribution in [-0.4, -0.2) is 38.0 Å². The third-order valence-corrected chi connectivity index (χ3v) is 3.55. The lowest BCUT2D eigenvalue weighted by Gasteiger charge is -2.29. The van der Waals surface area contributed by atoms with Gasteiger partial charge in [-0.2, -0.15) is 0 Å². The average Bonchev–Trinajstić information content (AvgIpc) is 2.27. The predicted molar refractivity (Wildman–Crippen MR) is 79.6 cm³/mol. The van der Waals surface area contributed by atoms with E-state index in [1.807, 2.05) is 19.0 Å². The van der Waals surface area contributed by atoms with Crippen LogP contribution in [-0.2, 0) is 10.3 Å². The molecule has 0 aliphatic carbocycles. The van der Waals surface area contributed by atoms with Crippen molar-refractivity contribution in [1.82, 2.24) is 10.2 Å². The first kappa shape index (κ1) is 16.2. The molecule has 0 aromatic heterocycles. The number of rotatable bonds is 6. The summed E-state index contributed by atoms with van der Waals surface area (Å²) in [6.45, 7) is 3.12. The molecule has 19 heavy (non-hydrogen) atoms. The molecule has 1 aromatic carbocycles. The number of nitrogens with zero attached hydrogens (tertiary/aromatic N) is 1. The Morgan fingerprint density at radius 2 is 2.05 bits per heavy atom. The van der Waals surface area contributed by atoms with E-state index in [0.717, 1.165) is 6.54 Å². The maximum Gasteiger partial charge on any atom is 0.242 e. The minimum absolute atomic E-state index is 0.422. The Kier molecular flexibility index (Phi) is 5.62. The second-order valence-corrected chi connectivity index (χ2v) is 5.69. The van der Waals surface area contributed by atoms with Gasteiger partial charge in [0.2, 0.25) is 5.91 Å². The van der Waals surface area contributed by atoms with Crippen LogP contribution in [0.15, 0.2) is 18.2 Å². The van der Waals surface area contributed by atoms with Crippen molar-refractivity contribution in [1.29, 1.82) is 0 Å². The standard InChI is InChI=1S/C13H19Cl2N3O/c1-13(12(16)19,17-6-7-18(2)3)10-5-4-9(14)8-11(10)15/h4-5,8,17H,6-7H2,1-3H3,(H2,16,19). The molecule has 0 saturated heterocycles. The highest BCUT2D eigenvalue weighted by Crippen LogP contribution is 2.30. The molecule has 0 saturated carbocycles. The van der Waals surface area contributed by atoms with Gasteiger partial charge in [0.05, 0.1) is 0 Å². The lowest BCUT2D eigenvalue weighted by atomic mass is 9.91. The van der Waals surface area contributed by atoms with Crippen LogP contribution < -0.4 is 11.1 Å². The molecule has 1 rings (SSSR count). The average molecular weight is 304 g/mol. The summed E-state index contributed by atoms with van der Waals surface area (Å²) < 4.78 is 0. The molecular weight excluding hydrogens is 285 g/mol. The number of nitrogens with two attached hydrogens (primary N) is 1. The summed E-state index contributed by atoms with van der Waals surface area (Å²) in [5.74, 6) is -0.476. The van der Waals surface area contributed by atoms with E-state index < -0.39 is 11.4 Å². The highest BCUT2D eigenvalue weighted by Gasteiger charge is 2.34. The van der Waals surface area contributed by atoms with E-state index in [2.05, 4.69) is 5.32 Å². The van der Waals surface area contributed by atoms with E-state index in [9.17, 15) is 4.79 Å². The lowest BCUT2D eigenvalue weighted by molar-refractivity contribution is -0.124. The first-order chi connectivity index (χ1) is 8.77. The van der Waals surface area contributed by atoms with Crippen LogP contribution in [0, 0.1) is 0 Å². The Labute approximate surface area is 123 Å². The fraction of sp³-hybridized carbons (Fsp3) is 0.462.